The predicted octanol–water partition coefficient (Wildman–Crippen LogP) is 19.0. The van der Waals surface area contributed by atoms with Gasteiger partial charge in [-0.1, -0.05) is 282 Å². The van der Waals surface area contributed by atoms with Crippen molar-refractivity contribution in [3.05, 3.63) is 24.3 Å². The van der Waals surface area contributed by atoms with Crippen LogP contribution in [-0.4, -0.2) is 49.3 Å². The zero-order valence-corrected chi connectivity index (χ0v) is 47.2. The van der Waals surface area contributed by atoms with Crippen molar-refractivity contribution in [3.63, 3.8) is 0 Å². The largest absolute Gasteiger partial charge is 0.472 e. The van der Waals surface area contributed by atoms with Gasteiger partial charge in [-0.2, -0.15) is 0 Å². The van der Waals surface area contributed by atoms with Gasteiger partial charge in [0.05, 0.1) is 13.2 Å². The zero-order valence-electron chi connectivity index (χ0n) is 46.3. The highest BCUT2D eigenvalue weighted by Gasteiger charge is 2.26. The van der Waals surface area contributed by atoms with E-state index in [0.29, 0.717) is 6.42 Å². The minimum atomic E-state index is -4.37. The number of hydrogen-bond donors (Lipinski definition) is 2. The van der Waals surface area contributed by atoms with Crippen LogP contribution < -0.4 is 5.73 Å². The Kier molecular flexibility index (Phi) is 55.6. The minimum absolute atomic E-state index is 0.0569. The summed E-state index contributed by atoms with van der Waals surface area (Å²) in [6, 6.07) is 0. The third-order valence-electron chi connectivity index (χ3n) is 13.6. The number of phosphoric ester groups is 1. The summed E-state index contributed by atoms with van der Waals surface area (Å²) in [6.45, 7) is 3.73. The number of esters is 2. The molecule has 0 saturated carbocycles. The maximum absolute atomic E-state index is 12.6. The first-order chi connectivity index (χ1) is 34.3. The highest BCUT2D eigenvalue weighted by molar-refractivity contribution is 7.47. The highest BCUT2D eigenvalue weighted by Crippen LogP contribution is 2.43. The molecule has 0 aromatic carbocycles. The van der Waals surface area contributed by atoms with Crippen LogP contribution >= 0.6 is 7.82 Å². The van der Waals surface area contributed by atoms with Crippen LogP contribution in [0.4, 0.5) is 0 Å². The molecule has 0 bridgehead atoms. The summed E-state index contributed by atoms with van der Waals surface area (Å²) in [5, 5.41) is 0. The number of carbonyl (C=O) groups is 2. The number of hydrogen-bond acceptors (Lipinski definition) is 8. The van der Waals surface area contributed by atoms with Gasteiger partial charge in [-0.25, -0.2) is 4.57 Å². The van der Waals surface area contributed by atoms with E-state index < -0.39 is 26.5 Å². The number of carbonyl (C=O) groups excluding carboxylic acids is 2. The molecule has 0 radical (unpaired) electrons. The normalized spacial score (nSPS) is 13.1. The van der Waals surface area contributed by atoms with Gasteiger partial charge in [0.1, 0.15) is 6.61 Å². The predicted molar refractivity (Wildman–Crippen MR) is 298 cm³/mol. The van der Waals surface area contributed by atoms with Gasteiger partial charge in [-0.05, 0) is 44.9 Å². The van der Waals surface area contributed by atoms with Gasteiger partial charge in [0.2, 0.25) is 0 Å². The molecule has 0 rings (SSSR count). The lowest BCUT2D eigenvalue weighted by atomic mass is 10.0. The molecule has 0 aromatic rings. The molecule has 0 spiro atoms. The average Bonchev–Trinajstić information content (AvgIpc) is 3.35. The number of phosphoric acid groups is 1. The topological polar surface area (TPSA) is 134 Å². The maximum atomic E-state index is 12.6. The molecule has 0 fully saturated rings. The van der Waals surface area contributed by atoms with Crippen LogP contribution in [0.1, 0.15) is 316 Å². The van der Waals surface area contributed by atoms with Crippen molar-refractivity contribution < 1.29 is 37.6 Å². The summed E-state index contributed by atoms with van der Waals surface area (Å²) in [6.07, 6.45) is 67.4. The first-order valence-electron chi connectivity index (χ1n) is 30.3. The molecule has 9 nitrogen and oxygen atoms in total. The second-order valence-electron chi connectivity index (χ2n) is 20.6. The molecule has 2 atom stereocenters. The molecule has 0 saturated heterocycles. The number of nitrogens with two attached hydrogens (primary N) is 1. The van der Waals surface area contributed by atoms with E-state index in [1.807, 2.05) is 0 Å². The smallest absolute Gasteiger partial charge is 0.462 e. The lowest BCUT2D eigenvalue weighted by molar-refractivity contribution is -0.161. The molecule has 0 heterocycles. The maximum Gasteiger partial charge on any atom is 0.472 e. The van der Waals surface area contributed by atoms with E-state index in [4.69, 9.17) is 24.3 Å². The van der Waals surface area contributed by atoms with Crippen molar-refractivity contribution in [2.75, 3.05) is 26.4 Å². The summed E-state index contributed by atoms with van der Waals surface area (Å²) in [5.74, 6) is -0.817. The second kappa shape index (κ2) is 56.8. The molecule has 0 aromatic heterocycles. The van der Waals surface area contributed by atoms with E-state index in [9.17, 15) is 19.0 Å². The molecule has 414 valence electrons. The Morgan fingerprint density at radius 1 is 0.429 bits per heavy atom. The van der Waals surface area contributed by atoms with Crippen LogP contribution in [0.5, 0.6) is 0 Å². The molecule has 70 heavy (non-hydrogen) atoms. The zero-order chi connectivity index (χ0) is 51.0. The Morgan fingerprint density at radius 3 is 1.09 bits per heavy atom. The van der Waals surface area contributed by atoms with Gasteiger partial charge in [-0.3, -0.25) is 18.6 Å². The van der Waals surface area contributed by atoms with Crippen molar-refractivity contribution >= 4 is 19.8 Å². The number of ether oxygens (including phenoxy) is 2. The van der Waals surface area contributed by atoms with Crippen LogP contribution in [0.3, 0.4) is 0 Å². The Morgan fingerprint density at radius 2 is 0.743 bits per heavy atom. The molecular formula is C60H116NO8P. The standard InChI is InChI=1S/C60H116NO8P/c1-3-5-7-9-11-13-14-15-16-17-18-19-20-21-22-23-24-25-26-27-28-29-30-31-32-33-34-35-36-37-38-39-40-41-42-43-44-45-47-49-51-53-60(63)69-58(57-68-70(64,65)67-55-54-61)56-66-59(62)52-50-48-46-12-10-8-6-4-2/h14-15,17-18,58H,3-13,16,19-57,61H2,1-2H3,(H,64,65)/b15-14-,18-17-. The summed E-state index contributed by atoms with van der Waals surface area (Å²) in [7, 11) is -4.37. The van der Waals surface area contributed by atoms with Gasteiger partial charge in [0.15, 0.2) is 6.10 Å². The fourth-order valence-electron chi connectivity index (χ4n) is 9.08. The van der Waals surface area contributed by atoms with Crippen molar-refractivity contribution in [3.8, 4) is 0 Å². The molecule has 2 unspecified atom stereocenters. The number of unbranched alkanes of at least 4 members (excludes halogenated alkanes) is 41. The lowest BCUT2D eigenvalue weighted by Crippen LogP contribution is -2.29. The third-order valence-corrected chi connectivity index (χ3v) is 14.6. The lowest BCUT2D eigenvalue weighted by Gasteiger charge is -2.19. The van der Waals surface area contributed by atoms with Crippen molar-refractivity contribution in [2.24, 2.45) is 5.73 Å². The monoisotopic (exact) mass is 1010 g/mol. The Balaban J connectivity index is 3.62. The van der Waals surface area contributed by atoms with Crippen LogP contribution in [0.2, 0.25) is 0 Å². The molecule has 10 heteroatoms. The van der Waals surface area contributed by atoms with E-state index in [0.717, 1.165) is 38.5 Å². The summed E-state index contributed by atoms with van der Waals surface area (Å²) >= 11 is 0. The van der Waals surface area contributed by atoms with E-state index in [1.54, 1.807) is 0 Å². The van der Waals surface area contributed by atoms with Crippen LogP contribution in [0, 0.1) is 0 Å². The average molecular weight is 1010 g/mol. The molecular weight excluding hydrogens is 894 g/mol. The first-order valence-corrected chi connectivity index (χ1v) is 31.8. The minimum Gasteiger partial charge on any atom is -0.462 e. The van der Waals surface area contributed by atoms with Crippen LogP contribution in [0.15, 0.2) is 24.3 Å². The van der Waals surface area contributed by atoms with E-state index in [1.165, 1.54) is 244 Å². The van der Waals surface area contributed by atoms with Gasteiger partial charge < -0.3 is 20.1 Å². The number of allylic oxidation sites excluding steroid dienone is 4. The van der Waals surface area contributed by atoms with Crippen LogP contribution in [0.25, 0.3) is 0 Å². The Hall–Kier alpha value is -1.51. The summed E-state index contributed by atoms with van der Waals surface area (Å²) in [4.78, 5) is 34.9. The van der Waals surface area contributed by atoms with Crippen molar-refractivity contribution in [1.82, 2.24) is 0 Å². The van der Waals surface area contributed by atoms with E-state index in [-0.39, 0.29) is 38.6 Å². The van der Waals surface area contributed by atoms with Crippen LogP contribution in [-0.2, 0) is 32.7 Å². The molecule has 0 aliphatic heterocycles. The van der Waals surface area contributed by atoms with Gasteiger partial charge in [0.25, 0.3) is 0 Å². The Labute approximate surface area is 433 Å². The molecule has 0 aliphatic carbocycles. The summed E-state index contributed by atoms with van der Waals surface area (Å²) < 4.78 is 32.8. The number of rotatable bonds is 58. The van der Waals surface area contributed by atoms with Gasteiger partial charge in [0, 0.05) is 19.4 Å². The molecule has 0 amide bonds. The highest BCUT2D eigenvalue weighted by atomic mass is 31.2. The van der Waals surface area contributed by atoms with Crippen molar-refractivity contribution in [1.29, 1.82) is 0 Å². The SMILES string of the molecule is CCCCCCC/C=C\C/C=C\CCCCCCCCCCCCCCCCCCCCCCCCCCCCCCCC(=O)OC(COC(=O)CCCCCCCCCC)COP(=O)(O)OCCN. The quantitative estimate of drug-likeness (QED) is 0.0264. The van der Waals surface area contributed by atoms with E-state index in [2.05, 4.69) is 38.2 Å². The van der Waals surface area contributed by atoms with E-state index >= 15 is 0 Å². The first kappa shape index (κ1) is 68.5. The molecule has 0 aliphatic rings. The Bertz CT molecular complexity index is 1200. The fourth-order valence-corrected chi connectivity index (χ4v) is 9.85. The molecule has 3 N–H and O–H groups in total. The second-order valence-corrected chi connectivity index (χ2v) is 22.0. The van der Waals surface area contributed by atoms with Gasteiger partial charge >= 0.3 is 19.8 Å². The summed E-state index contributed by atoms with van der Waals surface area (Å²) in [5.41, 5.74) is 5.36. The third kappa shape index (κ3) is 55.8. The van der Waals surface area contributed by atoms with Crippen molar-refractivity contribution in [2.45, 2.75) is 322 Å². The fraction of sp³-hybridized carbons (Fsp3) is 0.900. The van der Waals surface area contributed by atoms with Gasteiger partial charge in [-0.15, -0.1) is 0 Å².